The van der Waals surface area contributed by atoms with Gasteiger partial charge in [0.25, 0.3) is 0 Å². The number of hydrogen-bond donors (Lipinski definition) is 2. The number of anilines is 2. The fourth-order valence-electron chi connectivity index (χ4n) is 1.58. The molecule has 0 aliphatic rings. The zero-order valence-corrected chi connectivity index (χ0v) is 11.2. The molecule has 0 spiro atoms. The van der Waals surface area contributed by atoms with Crippen molar-refractivity contribution in [2.45, 2.75) is 19.9 Å². The van der Waals surface area contributed by atoms with E-state index in [0.717, 1.165) is 18.7 Å². The Balaban J connectivity index is 2.04. The summed E-state index contributed by atoms with van der Waals surface area (Å²) >= 11 is 7.79. The lowest BCUT2D eigenvalue weighted by atomic mass is 10.2. The van der Waals surface area contributed by atoms with Gasteiger partial charge in [-0.1, -0.05) is 24.6 Å². The Kier molecular flexibility index (Phi) is 3.92. The van der Waals surface area contributed by atoms with Gasteiger partial charge in [-0.15, -0.1) is 11.3 Å². The first kappa shape index (κ1) is 12.3. The first-order valence-electron chi connectivity index (χ1n) is 5.56. The van der Waals surface area contributed by atoms with Gasteiger partial charge in [0.15, 0.2) is 0 Å². The molecule has 0 saturated carbocycles. The van der Waals surface area contributed by atoms with Gasteiger partial charge in [-0.05, 0) is 30.7 Å². The molecule has 1 aromatic carbocycles. The Hall–Kier alpha value is -1.19. The summed E-state index contributed by atoms with van der Waals surface area (Å²) in [6.45, 7) is 2.95. The highest BCUT2D eigenvalue weighted by atomic mass is 35.5. The van der Waals surface area contributed by atoms with E-state index in [9.17, 15) is 0 Å². The lowest BCUT2D eigenvalue weighted by Gasteiger charge is -2.09. The summed E-state index contributed by atoms with van der Waals surface area (Å²) in [5.74, 6) is 0. The third-order valence-electron chi connectivity index (χ3n) is 2.57. The molecular formula is C13H15ClN2S. The van der Waals surface area contributed by atoms with Crippen LogP contribution in [0.2, 0.25) is 5.02 Å². The highest BCUT2D eigenvalue weighted by Gasteiger charge is 2.03. The van der Waals surface area contributed by atoms with Crippen LogP contribution in [0.3, 0.4) is 0 Å². The number of hydrogen-bond acceptors (Lipinski definition) is 3. The van der Waals surface area contributed by atoms with Crippen molar-refractivity contribution in [3.8, 4) is 0 Å². The van der Waals surface area contributed by atoms with E-state index in [2.05, 4.69) is 24.4 Å². The van der Waals surface area contributed by atoms with Crippen molar-refractivity contribution in [3.63, 3.8) is 0 Å². The molecule has 2 rings (SSSR count). The molecule has 0 fully saturated rings. The Morgan fingerprint density at radius 2 is 2.00 bits per heavy atom. The average molecular weight is 267 g/mol. The molecule has 1 heterocycles. The summed E-state index contributed by atoms with van der Waals surface area (Å²) in [7, 11) is 0. The van der Waals surface area contributed by atoms with Crippen molar-refractivity contribution in [2.75, 3.05) is 11.1 Å². The number of nitrogens with two attached hydrogens (primary N) is 1. The van der Waals surface area contributed by atoms with E-state index in [-0.39, 0.29) is 0 Å². The zero-order valence-electron chi connectivity index (χ0n) is 9.66. The monoisotopic (exact) mass is 266 g/mol. The number of aryl methyl sites for hydroxylation is 1. The van der Waals surface area contributed by atoms with E-state index in [1.165, 1.54) is 9.75 Å². The molecule has 0 amide bonds. The van der Waals surface area contributed by atoms with Crippen LogP contribution in [0.1, 0.15) is 16.7 Å². The molecule has 2 aromatic rings. The summed E-state index contributed by atoms with van der Waals surface area (Å²) in [5.41, 5.74) is 7.39. The van der Waals surface area contributed by atoms with Crippen molar-refractivity contribution < 1.29 is 0 Å². The molecule has 2 nitrogen and oxygen atoms in total. The zero-order chi connectivity index (χ0) is 12.3. The maximum absolute atomic E-state index is 5.96. The minimum absolute atomic E-state index is 0.593. The topological polar surface area (TPSA) is 38.0 Å². The van der Waals surface area contributed by atoms with Gasteiger partial charge in [0, 0.05) is 16.3 Å². The number of benzene rings is 1. The second kappa shape index (κ2) is 5.43. The third kappa shape index (κ3) is 2.93. The fourth-order valence-corrected chi connectivity index (χ4v) is 2.65. The number of nitrogen functional groups attached to an aromatic ring is 1. The molecular weight excluding hydrogens is 252 g/mol. The van der Waals surface area contributed by atoms with Crippen LogP contribution in [-0.4, -0.2) is 0 Å². The van der Waals surface area contributed by atoms with Gasteiger partial charge < -0.3 is 11.1 Å². The van der Waals surface area contributed by atoms with Crippen LogP contribution >= 0.6 is 22.9 Å². The highest BCUT2D eigenvalue weighted by Crippen LogP contribution is 2.27. The van der Waals surface area contributed by atoms with Gasteiger partial charge in [-0.3, -0.25) is 0 Å². The fraction of sp³-hybridized carbons (Fsp3) is 0.231. The summed E-state index contributed by atoms with van der Waals surface area (Å²) in [4.78, 5) is 2.71. The minimum Gasteiger partial charge on any atom is -0.396 e. The number of para-hydroxylation sites is 1. The van der Waals surface area contributed by atoms with E-state index >= 15 is 0 Å². The number of nitrogens with one attached hydrogen (secondary N) is 1. The van der Waals surface area contributed by atoms with E-state index in [4.69, 9.17) is 17.3 Å². The van der Waals surface area contributed by atoms with Crippen LogP contribution in [0, 0.1) is 0 Å². The van der Waals surface area contributed by atoms with Crippen molar-refractivity contribution in [1.29, 1.82) is 0 Å². The normalized spacial score (nSPS) is 10.5. The molecule has 0 aliphatic carbocycles. The predicted octanol–water partition coefficient (Wildman–Crippen LogP) is 4.16. The van der Waals surface area contributed by atoms with E-state index in [1.807, 2.05) is 23.5 Å². The summed E-state index contributed by atoms with van der Waals surface area (Å²) in [6.07, 6.45) is 1.09. The van der Waals surface area contributed by atoms with Gasteiger partial charge in [0.05, 0.1) is 16.4 Å². The molecule has 90 valence electrons. The van der Waals surface area contributed by atoms with Crippen molar-refractivity contribution in [1.82, 2.24) is 0 Å². The summed E-state index contributed by atoms with van der Waals surface area (Å²) in [6, 6.07) is 9.95. The predicted molar refractivity (Wildman–Crippen MR) is 76.9 cm³/mol. The van der Waals surface area contributed by atoms with Gasteiger partial charge in [-0.25, -0.2) is 0 Å². The van der Waals surface area contributed by atoms with Crippen LogP contribution in [-0.2, 0) is 13.0 Å². The lowest BCUT2D eigenvalue weighted by molar-refractivity contribution is 1.19. The minimum atomic E-state index is 0.593. The molecule has 0 unspecified atom stereocenters. The summed E-state index contributed by atoms with van der Waals surface area (Å²) in [5, 5.41) is 3.90. The first-order chi connectivity index (χ1) is 8.20. The third-order valence-corrected chi connectivity index (χ3v) is 4.13. The standard InChI is InChI=1S/C13H15ClN2S/c1-2-9-6-7-10(17-9)8-16-12-5-3-4-11(14)13(12)15/h3-7,16H,2,8,15H2,1H3. The second-order valence-electron chi connectivity index (χ2n) is 3.78. The van der Waals surface area contributed by atoms with Crippen LogP contribution in [0.5, 0.6) is 0 Å². The van der Waals surface area contributed by atoms with Crippen LogP contribution < -0.4 is 11.1 Å². The molecule has 3 N–H and O–H groups in total. The van der Waals surface area contributed by atoms with Gasteiger partial charge in [0.2, 0.25) is 0 Å². The molecule has 0 aliphatic heterocycles. The van der Waals surface area contributed by atoms with Crippen molar-refractivity contribution in [3.05, 3.63) is 45.1 Å². The van der Waals surface area contributed by atoms with Gasteiger partial charge in [-0.2, -0.15) is 0 Å². The van der Waals surface area contributed by atoms with E-state index in [0.29, 0.717) is 10.7 Å². The molecule has 0 radical (unpaired) electrons. The molecule has 4 heteroatoms. The quantitative estimate of drug-likeness (QED) is 0.816. The molecule has 0 atom stereocenters. The maximum Gasteiger partial charge on any atom is 0.0739 e. The van der Waals surface area contributed by atoms with Gasteiger partial charge >= 0.3 is 0 Å². The van der Waals surface area contributed by atoms with Crippen molar-refractivity contribution >= 4 is 34.3 Å². The summed E-state index contributed by atoms with van der Waals surface area (Å²) < 4.78 is 0. The van der Waals surface area contributed by atoms with Crippen LogP contribution in [0.15, 0.2) is 30.3 Å². The van der Waals surface area contributed by atoms with Crippen LogP contribution in [0.25, 0.3) is 0 Å². The first-order valence-corrected chi connectivity index (χ1v) is 6.75. The van der Waals surface area contributed by atoms with Crippen molar-refractivity contribution in [2.24, 2.45) is 0 Å². The number of halogens is 1. The largest absolute Gasteiger partial charge is 0.396 e. The molecule has 1 aromatic heterocycles. The smallest absolute Gasteiger partial charge is 0.0739 e. The van der Waals surface area contributed by atoms with E-state index < -0.39 is 0 Å². The highest BCUT2D eigenvalue weighted by molar-refractivity contribution is 7.12. The lowest BCUT2D eigenvalue weighted by Crippen LogP contribution is -2.01. The van der Waals surface area contributed by atoms with Gasteiger partial charge in [0.1, 0.15) is 0 Å². The molecule has 17 heavy (non-hydrogen) atoms. The Morgan fingerprint density at radius 3 is 2.71 bits per heavy atom. The average Bonchev–Trinajstić information content (AvgIpc) is 2.79. The maximum atomic E-state index is 5.96. The van der Waals surface area contributed by atoms with Crippen LogP contribution in [0.4, 0.5) is 11.4 Å². The Labute approximate surface area is 110 Å². The second-order valence-corrected chi connectivity index (χ2v) is 5.44. The molecule has 0 bridgehead atoms. The van der Waals surface area contributed by atoms with E-state index in [1.54, 1.807) is 6.07 Å². The Morgan fingerprint density at radius 1 is 1.24 bits per heavy atom. The Bertz CT molecular complexity index is 508. The number of rotatable bonds is 4. The SMILES string of the molecule is CCc1ccc(CNc2cccc(Cl)c2N)s1. The molecule has 0 saturated heterocycles. The number of thiophene rings is 1.